The van der Waals surface area contributed by atoms with Gasteiger partial charge in [0, 0.05) is 19.3 Å². The van der Waals surface area contributed by atoms with Crippen molar-refractivity contribution >= 4 is 17.9 Å². The van der Waals surface area contributed by atoms with Crippen LogP contribution < -0.4 is 0 Å². The fraction of sp³-hybridized carbons (Fsp3) is 0.656. The first-order valence-corrected chi connectivity index (χ1v) is 27.4. The topological polar surface area (TPSA) is 78.9 Å². The Morgan fingerprint density at radius 1 is 0.299 bits per heavy atom. The van der Waals surface area contributed by atoms with Crippen LogP contribution in [0.3, 0.4) is 0 Å². The standard InChI is InChI=1S/C61H100O6/c1-4-7-10-13-16-19-22-25-28-29-30-31-34-36-39-42-45-48-51-54-60(63)66-57-58(67-61(64)55-52-49-46-43-40-37-33-27-24-21-18-15-12-9-6-3)56-65-59(62)53-50-47-44-41-38-35-32-26-23-20-17-14-11-8-5-2/h16-21,25-28,30-33,36,39-40,43,58H,4-15,22-24,29,34-35,37-38,41-42,44-57H2,1-3H3/b19-16-,20-17-,21-18-,28-25-,31-30-,32-26-,33-27-,39-36-,43-40-/t58-/m0/s1. The number of carbonyl (C=O) groups excluding carboxylic acids is 3. The molecule has 0 saturated heterocycles. The highest BCUT2D eigenvalue weighted by Gasteiger charge is 2.19. The molecule has 380 valence electrons. The lowest BCUT2D eigenvalue weighted by atomic mass is 10.1. The molecule has 0 spiro atoms. The van der Waals surface area contributed by atoms with Gasteiger partial charge in [0.15, 0.2) is 6.10 Å². The summed E-state index contributed by atoms with van der Waals surface area (Å²) in [6, 6.07) is 0. The number of esters is 3. The highest BCUT2D eigenvalue weighted by molar-refractivity contribution is 5.71. The molecule has 0 bridgehead atoms. The van der Waals surface area contributed by atoms with Crippen molar-refractivity contribution in [3.05, 3.63) is 109 Å². The van der Waals surface area contributed by atoms with E-state index < -0.39 is 6.10 Å². The Kier molecular flexibility index (Phi) is 51.5. The zero-order valence-corrected chi connectivity index (χ0v) is 43.4. The molecule has 0 heterocycles. The second-order valence-electron chi connectivity index (χ2n) is 17.8. The first kappa shape index (κ1) is 63.1. The summed E-state index contributed by atoms with van der Waals surface area (Å²) in [6.07, 6.45) is 73.5. The van der Waals surface area contributed by atoms with Gasteiger partial charge in [0.2, 0.25) is 0 Å². The molecule has 6 heteroatoms. The number of allylic oxidation sites excluding steroid dienone is 18. The molecule has 0 amide bonds. The maximum atomic E-state index is 12.8. The van der Waals surface area contributed by atoms with E-state index in [1.54, 1.807) is 0 Å². The second-order valence-corrected chi connectivity index (χ2v) is 17.8. The van der Waals surface area contributed by atoms with E-state index in [0.29, 0.717) is 19.3 Å². The van der Waals surface area contributed by atoms with Crippen molar-refractivity contribution < 1.29 is 28.6 Å². The van der Waals surface area contributed by atoms with Gasteiger partial charge in [-0.05, 0) is 135 Å². The molecule has 0 aromatic carbocycles. The lowest BCUT2D eigenvalue weighted by molar-refractivity contribution is -0.167. The minimum Gasteiger partial charge on any atom is -0.462 e. The fourth-order valence-corrected chi connectivity index (χ4v) is 7.05. The summed E-state index contributed by atoms with van der Waals surface area (Å²) in [5.74, 6) is -0.999. The van der Waals surface area contributed by atoms with Crippen LogP contribution in [0.4, 0.5) is 0 Å². The zero-order valence-electron chi connectivity index (χ0n) is 43.4. The number of hydrogen-bond donors (Lipinski definition) is 0. The molecule has 0 aromatic rings. The SMILES string of the molecule is CCCCC/C=C\C/C=C\C/C=C\C/C=C\CCCCCC(=O)OC[C@H](COC(=O)CCCCCCC/C=C\C/C=C\CCCCC)OC(=O)CCCC/C=C\C/C=C\C/C=C\CCCCC. The van der Waals surface area contributed by atoms with Gasteiger partial charge in [0.05, 0.1) is 0 Å². The van der Waals surface area contributed by atoms with Crippen LogP contribution in [-0.4, -0.2) is 37.2 Å². The molecule has 0 fully saturated rings. The van der Waals surface area contributed by atoms with Crippen molar-refractivity contribution in [2.24, 2.45) is 0 Å². The smallest absolute Gasteiger partial charge is 0.306 e. The molecular weight excluding hydrogens is 829 g/mol. The monoisotopic (exact) mass is 929 g/mol. The summed E-state index contributed by atoms with van der Waals surface area (Å²) < 4.78 is 16.8. The van der Waals surface area contributed by atoms with Crippen LogP contribution in [-0.2, 0) is 28.6 Å². The molecule has 0 aliphatic rings. The number of unbranched alkanes of at least 4 members (excludes halogenated alkanes) is 19. The second kappa shape index (κ2) is 54.7. The van der Waals surface area contributed by atoms with Crippen LogP contribution in [0.15, 0.2) is 109 Å². The van der Waals surface area contributed by atoms with Gasteiger partial charge in [-0.15, -0.1) is 0 Å². The van der Waals surface area contributed by atoms with E-state index in [-0.39, 0.29) is 37.5 Å². The van der Waals surface area contributed by atoms with Crippen molar-refractivity contribution in [2.45, 2.75) is 245 Å². The van der Waals surface area contributed by atoms with Crippen molar-refractivity contribution in [3.63, 3.8) is 0 Å². The maximum Gasteiger partial charge on any atom is 0.306 e. The summed E-state index contributed by atoms with van der Waals surface area (Å²) in [4.78, 5) is 38.1. The van der Waals surface area contributed by atoms with Crippen LogP contribution in [0, 0.1) is 0 Å². The third-order valence-electron chi connectivity index (χ3n) is 11.2. The predicted octanol–water partition coefficient (Wildman–Crippen LogP) is 18.3. The summed E-state index contributed by atoms with van der Waals surface area (Å²) in [6.45, 7) is 6.47. The number of hydrogen-bond acceptors (Lipinski definition) is 6. The molecule has 0 rings (SSSR count). The Hall–Kier alpha value is -3.93. The summed E-state index contributed by atoms with van der Waals surface area (Å²) in [5, 5.41) is 0. The van der Waals surface area contributed by atoms with Crippen molar-refractivity contribution in [1.82, 2.24) is 0 Å². The fourth-order valence-electron chi connectivity index (χ4n) is 7.05. The van der Waals surface area contributed by atoms with Crippen molar-refractivity contribution in [1.29, 1.82) is 0 Å². The van der Waals surface area contributed by atoms with Crippen LogP contribution >= 0.6 is 0 Å². The summed E-state index contributed by atoms with van der Waals surface area (Å²) in [7, 11) is 0. The van der Waals surface area contributed by atoms with Crippen molar-refractivity contribution in [3.8, 4) is 0 Å². The van der Waals surface area contributed by atoms with E-state index in [0.717, 1.165) is 116 Å². The molecule has 0 aromatic heterocycles. The Morgan fingerprint density at radius 3 is 0.881 bits per heavy atom. The molecule has 1 atom stereocenters. The van der Waals surface area contributed by atoms with Crippen molar-refractivity contribution in [2.75, 3.05) is 13.2 Å². The van der Waals surface area contributed by atoms with Gasteiger partial charge in [-0.3, -0.25) is 14.4 Å². The van der Waals surface area contributed by atoms with E-state index in [9.17, 15) is 14.4 Å². The van der Waals surface area contributed by atoms with Crippen LogP contribution in [0.1, 0.15) is 239 Å². The van der Waals surface area contributed by atoms with E-state index >= 15 is 0 Å². The third kappa shape index (κ3) is 52.9. The van der Waals surface area contributed by atoms with Gasteiger partial charge < -0.3 is 14.2 Å². The molecule has 6 nitrogen and oxygen atoms in total. The van der Waals surface area contributed by atoms with Crippen LogP contribution in [0.2, 0.25) is 0 Å². The average molecular weight is 929 g/mol. The normalized spacial score (nSPS) is 12.9. The Bertz CT molecular complexity index is 1390. The van der Waals surface area contributed by atoms with Gasteiger partial charge in [-0.25, -0.2) is 0 Å². The summed E-state index contributed by atoms with van der Waals surface area (Å²) in [5.41, 5.74) is 0. The quantitative estimate of drug-likeness (QED) is 0.0262. The zero-order chi connectivity index (χ0) is 48.6. The lowest BCUT2D eigenvalue weighted by Gasteiger charge is -2.18. The first-order valence-electron chi connectivity index (χ1n) is 27.4. The van der Waals surface area contributed by atoms with E-state index in [1.165, 1.54) is 77.0 Å². The first-order chi connectivity index (χ1) is 33.0. The van der Waals surface area contributed by atoms with Gasteiger partial charge in [0.25, 0.3) is 0 Å². The van der Waals surface area contributed by atoms with Gasteiger partial charge >= 0.3 is 17.9 Å². The van der Waals surface area contributed by atoms with E-state index in [1.807, 2.05) is 0 Å². The minimum atomic E-state index is -0.819. The molecule has 0 N–H and O–H groups in total. The maximum absolute atomic E-state index is 12.8. The molecule has 0 saturated carbocycles. The highest BCUT2D eigenvalue weighted by atomic mass is 16.6. The molecular formula is C61H100O6. The Labute approximate surface area is 412 Å². The van der Waals surface area contributed by atoms with Crippen LogP contribution in [0.5, 0.6) is 0 Å². The highest BCUT2D eigenvalue weighted by Crippen LogP contribution is 2.12. The van der Waals surface area contributed by atoms with Gasteiger partial charge in [-0.1, -0.05) is 194 Å². The minimum absolute atomic E-state index is 0.113. The molecule has 0 unspecified atom stereocenters. The molecule has 0 radical (unpaired) electrons. The van der Waals surface area contributed by atoms with Crippen LogP contribution in [0.25, 0.3) is 0 Å². The number of rotatable bonds is 48. The van der Waals surface area contributed by atoms with E-state index in [4.69, 9.17) is 14.2 Å². The molecule has 0 aliphatic carbocycles. The van der Waals surface area contributed by atoms with Gasteiger partial charge in [-0.2, -0.15) is 0 Å². The number of ether oxygens (including phenoxy) is 3. The third-order valence-corrected chi connectivity index (χ3v) is 11.2. The summed E-state index contributed by atoms with van der Waals surface area (Å²) >= 11 is 0. The Balaban J connectivity index is 4.54. The number of carbonyl (C=O) groups is 3. The largest absolute Gasteiger partial charge is 0.462 e. The Morgan fingerprint density at radius 2 is 0.537 bits per heavy atom. The average Bonchev–Trinajstić information content (AvgIpc) is 3.33. The molecule has 67 heavy (non-hydrogen) atoms. The van der Waals surface area contributed by atoms with Gasteiger partial charge in [0.1, 0.15) is 13.2 Å². The van der Waals surface area contributed by atoms with E-state index in [2.05, 4.69) is 130 Å². The molecule has 0 aliphatic heterocycles. The predicted molar refractivity (Wildman–Crippen MR) is 288 cm³/mol. The lowest BCUT2D eigenvalue weighted by Crippen LogP contribution is -2.30.